The molecule has 0 aliphatic heterocycles. The first-order valence-electron chi connectivity index (χ1n) is 8.43. The largest absolute Gasteiger partial charge is 0.484 e. The van der Waals surface area contributed by atoms with Gasteiger partial charge in [-0.2, -0.15) is 0 Å². The number of carbonyl (C=O) groups excluding carboxylic acids is 2. The zero-order chi connectivity index (χ0) is 20.4. The number of hydrogen-bond donors (Lipinski definition) is 2. The molecular formula is C20H20Cl2N2O4. The number of carbonyl (C=O) groups is 2. The summed E-state index contributed by atoms with van der Waals surface area (Å²) in [6, 6.07) is 13.4. The fourth-order valence-corrected chi connectivity index (χ4v) is 2.31. The Morgan fingerprint density at radius 3 is 1.79 bits per heavy atom. The van der Waals surface area contributed by atoms with Gasteiger partial charge in [-0.25, -0.2) is 0 Å². The van der Waals surface area contributed by atoms with E-state index in [0.717, 1.165) is 0 Å². The molecule has 0 unspecified atom stereocenters. The third kappa shape index (κ3) is 8.33. The molecule has 0 saturated heterocycles. The highest BCUT2D eigenvalue weighted by molar-refractivity contribution is 6.30. The Morgan fingerprint density at radius 2 is 1.29 bits per heavy atom. The quantitative estimate of drug-likeness (QED) is 0.613. The number of amides is 2. The summed E-state index contributed by atoms with van der Waals surface area (Å²) in [7, 11) is 0. The van der Waals surface area contributed by atoms with E-state index in [1.165, 1.54) is 0 Å². The van der Waals surface area contributed by atoms with Crippen LogP contribution in [0.5, 0.6) is 11.5 Å². The highest BCUT2D eigenvalue weighted by Crippen LogP contribution is 2.16. The number of halogens is 2. The summed E-state index contributed by atoms with van der Waals surface area (Å²) >= 11 is 11.6. The van der Waals surface area contributed by atoms with Crippen LogP contribution in [0.25, 0.3) is 0 Å². The molecule has 0 aromatic heterocycles. The van der Waals surface area contributed by atoms with Crippen molar-refractivity contribution in [2.45, 2.75) is 6.42 Å². The van der Waals surface area contributed by atoms with Crippen LogP contribution in [0, 0.1) is 0 Å². The Balaban J connectivity index is 1.58. The molecule has 2 aromatic rings. The lowest BCUT2D eigenvalue weighted by Gasteiger charge is -2.11. The second-order valence-electron chi connectivity index (χ2n) is 5.74. The van der Waals surface area contributed by atoms with E-state index in [9.17, 15) is 9.59 Å². The fourth-order valence-electron chi connectivity index (χ4n) is 2.06. The summed E-state index contributed by atoms with van der Waals surface area (Å²) in [5.41, 5.74) is 0.476. The minimum atomic E-state index is -0.336. The van der Waals surface area contributed by atoms with E-state index in [1.54, 1.807) is 48.5 Å². The minimum absolute atomic E-state index is 0.116. The van der Waals surface area contributed by atoms with E-state index in [1.807, 2.05) is 0 Å². The maximum absolute atomic E-state index is 11.8. The van der Waals surface area contributed by atoms with E-state index >= 15 is 0 Å². The smallest absolute Gasteiger partial charge is 0.262 e. The lowest BCUT2D eigenvalue weighted by molar-refractivity contribution is -0.123. The van der Waals surface area contributed by atoms with Gasteiger partial charge in [0.15, 0.2) is 13.2 Å². The maximum Gasteiger partial charge on any atom is 0.262 e. The maximum atomic E-state index is 11.8. The molecule has 0 radical (unpaired) electrons. The van der Waals surface area contributed by atoms with E-state index in [2.05, 4.69) is 17.2 Å². The molecule has 0 saturated carbocycles. The molecule has 148 valence electrons. The number of hydrogen-bond acceptors (Lipinski definition) is 4. The Kier molecular flexibility index (Phi) is 8.65. The third-order valence-electron chi connectivity index (χ3n) is 3.43. The standard InChI is InChI=1S/C20H20Cl2N2O4/c1-14(24-20(26)13-28-18-8-4-16(22)5-9-18)10-11-23-19(25)12-27-17-6-2-15(21)3-7-17/h2-9H,1,10-13H2,(H,23,25)(H,24,26). The molecule has 0 heterocycles. The number of ether oxygens (including phenoxy) is 2. The lowest BCUT2D eigenvalue weighted by Crippen LogP contribution is -2.32. The third-order valence-corrected chi connectivity index (χ3v) is 3.94. The number of rotatable bonds is 10. The van der Waals surface area contributed by atoms with Crippen molar-refractivity contribution in [2.75, 3.05) is 19.8 Å². The van der Waals surface area contributed by atoms with Crippen LogP contribution in [-0.2, 0) is 9.59 Å². The average Bonchev–Trinajstić information content (AvgIpc) is 2.67. The van der Waals surface area contributed by atoms with Crippen LogP contribution < -0.4 is 20.1 Å². The topological polar surface area (TPSA) is 76.7 Å². The molecule has 0 atom stereocenters. The van der Waals surface area contributed by atoms with Crippen LogP contribution in [0.3, 0.4) is 0 Å². The predicted molar refractivity (Wildman–Crippen MR) is 109 cm³/mol. The van der Waals surface area contributed by atoms with Gasteiger partial charge in [-0.3, -0.25) is 9.59 Å². The second kappa shape index (κ2) is 11.2. The van der Waals surface area contributed by atoms with Gasteiger partial charge >= 0.3 is 0 Å². The highest BCUT2D eigenvalue weighted by atomic mass is 35.5. The van der Waals surface area contributed by atoms with Gasteiger partial charge in [-0.15, -0.1) is 0 Å². The van der Waals surface area contributed by atoms with Gasteiger partial charge in [0, 0.05) is 28.7 Å². The SMILES string of the molecule is C=C(CCNC(=O)COc1ccc(Cl)cc1)NC(=O)COc1ccc(Cl)cc1. The molecule has 8 heteroatoms. The molecular weight excluding hydrogens is 403 g/mol. The van der Waals surface area contributed by atoms with Gasteiger partial charge in [0.2, 0.25) is 0 Å². The van der Waals surface area contributed by atoms with Crippen LogP contribution in [0.4, 0.5) is 0 Å². The number of nitrogens with one attached hydrogen (secondary N) is 2. The molecule has 0 spiro atoms. The highest BCUT2D eigenvalue weighted by Gasteiger charge is 2.06. The zero-order valence-corrected chi connectivity index (χ0v) is 16.6. The number of benzene rings is 2. The van der Waals surface area contributed by atoms with Crippen molar-refractivity contribution in [3.63, 3.8) is 0 Å². The van der Waals surface area contributed by atoms with Gasteiger partial charge in [0.25, 0.3) is 11.8 Å². The Morgan fingerprint density at radius 1 is 0.821 bits per heavy atom. The summed E-state index contributed by atoms with van der Waals surface area (Å²) < 4.78 is 10.7. The lowest BCUT2D eigenvalue weighted by atomic mass is 10.3. The van der Waals surface area contributed by atoms with E-state index in [4.69, 9.17) is 32.7 Å². The van der Waals surface area contributed by atoms with E-state index < -0.39 is 0 Å². The monoisotopic (exact) mass is 422 g/mol. The van der Waals surface area contributed by atoms with Gasteiger partial charge in [0.05, 0.1) is 0 Å². The van der Waals surface area contributed by atoms with Crippen molar-refractivity contribution in [3.8, 4) is 11.5 Å². The van der Waals surface area contributed by atoms with Gasteiger partial charge in [0.1, 0.15) is 11.5 Å². The first-order valence-corrected chi connectivity index (χ1v) is 9.19. The van der Waals surface area contributed by atoms with Crippen LogP contribution in [-0.4, -0.2) is 31.6 Å². The normalized spacial score (nSPS) is 10.1. The molecule has 0 aliphatic carbocycles. The average molecular weight is 423 g/mol. The van der Waals surface area contributed by atoms with Crippen molar-refractivity contribution >= 4 is 35.0 Å². The van der Waals surface area contributed by atoms with E-state index in [0.29, 0.717) is 40.2 Å². The summed E-state index contributed by atoms with van der Waals surface area (Å²) in [5.74, 6) is 0.479. The molecule has 2 rings (SSSR count). The van der Waals surface area contributed by atoms with Gasteiger partial charge < -0.3 is 20.1 Å². The summed E-state index contributed by atoms with van der Waals surface area (Å²) in [6.45, 7) is 3.81. The molecule has 2 amide bonds. The van der Waals surface area contributed by atoms with Crippen molar-refractivity contribution in [3.05, 3.63) is 70.9 Å². The van der Waals surface area contributed by atoms with Crippen molar-refractivity contribution < 1.29 is 19.1 Å². The molecule has 0 aliphatic rings. The Hall–Kier alpha value is -2.70. The van der Waals surface area contributed by atoms with Crippen LogP contribution in [0.15, 0.2) is 60.8 Å². The molecule has 0 bridgehead atoms. The molecule has 28 heavy (non-hydrogen) atoms. The molecule has 2 N–H and O–H groups in total. The van der Waals surface area contributed by atoms with Crippen LogP contribution >= 0.6 is 23.2 Å². The molecule has 2 aromatic carbocycles. The summed E-state index contributed by atoms with van der Waals surface area (Å²) in [6.07, 6.45) is 0.388. The van der Waals surface area contributed by atoms with Gasteiger partial charge in [-0.05, 0) is 48.5 Å². The van der Waals surface area contributed by atoms with E-state index in [-0.39, 0.29) is 25.0 Å². The van der Waals surface area contributed by atoms with Crippen molar-refractivity contribution in [1.82, 2.24) is 10.6 Å². The Labute approximate surface area is 173 Å². The Bertz CT molecular complexity index is 808. The zero-order valence-electron chi connectivity index (χ0n) is 15.0. The first kappa shape index (κ1) is 21.6. The van der Waals surface area contributed by atoms with Crippen LogP contribution in [0.2, 0.25) is 10.0 Å². The second-order valence-corrected chi connectivity index (χ2v) is 6.61. The minimum Gasteiger partial charge on any atom is -0.484 e. The molecule has 0 fully saturated rings. The van der Waals surface area contributed by atoms with Gasteiger partial charge in [-0.1, -0.05) is 29.8 Å². The van der Waals surface area contributed by atoms with Crippen molar-refractivity contribution in [1.29, 1.82) is 0 Å². The summed E-state index contributed by atoms with van der Waals surface area (Å²) in [4.78, 5) is 23.6. The fraction of sp³-hybridized carbons (Fsp3) is 0.200. The van der Waals surface area contributed by atoms with Crippen LogP contribution in [0.1, 0.15) is 6.42 Å². The van der Waals surface area contributed by atoms with Crippen molar-refractivity contribution in [2.24, 2.45) is 0 Å². The first-order chi connectivity index (χ1) is 13.4. The molecule has 6 nitrogen and oxygen atoms in total. The summed E-state index contributed by atoms with van der Waals surface area (Å²) in [5, 5.41) is 6.49. The predicted octanol–water partition coefficient (Wildman–Crippen LogP) is 3.59.